The highest BCUT2D eigenvalue weighted by Gasteiger charge is 2.09. The van der Waals surface area contributed by atoms with Gasteiger partial charge in [0, 0.05) is 7.05 Å². The number of aryl methyl sites for hydroxylation is 3. The molecule has 1 heterocycles. The zero-order valence-corrected chi connectivity index (χ0v) is 11.5. The summed E-state index contributed by atoms with van der Waals surface area (Å²) in [6, 6.07) is 6.71. The minimum Gasteiger partial charge on any atom is -0.326 e. The smallest absolute Gasteiger partial charge is 0.123 e. The van der Waals surface area contributed by atoms with Gasteiger partial charge in [-0.05, 0) is 53.4 Å². The van der Waals surface area contributed by atoms with Gasteiger partial charge < -0.3 is 4.57 Å². The van der Waals surface area contributed by atoms with Crippen molar-refractivity contribution >= 4 is 15.9 Å². The molecule has 2 nitrogen and oxygen atoms in total. The van der Waals surface area contributed by atoms with Crippen molar-refractivity contribution < 1.29 is 4.39 Å². The van der Waals surface area contributed by atoms with Crippen LogP contribution in [0.15, 0.2) is 28.9 Å². The van der Waals surface area contributed by atoms with Crippen LogP contribution in [0.1, 0.15) is 17.1 Å². The van der Waals surface area contributed by atoms with Crippen molar-refractivity contribution in [2.45, 2.75) is 19.8 Å². The average molecular weight is 297 g/mol. The molecule has 0 spiro atoms. The standard InChI is InChI=1S/C13H14BrFN2/c1-9-16-12(13(14)17(9)2)7-6-10-4-3-5-11(15)8-10/h3-5,8H,6-7H2,1-2H3. The summed E-state index contributed by atoms with van der Waals surface area (Å²) in [6.07, 6.45) is 1.61. The summed E-state index contributed by atoms with van der Waals surface area (Å²) in [5.74, 6) is 0.796. The molecule has 0 saturated heterocycles. The molecule has 17 heavy (non-hydrogen) atoms. The number of hydrogen-bond acceptors (Lipinski definition) is 1. The summed E-state index contributed by atoms with van der Waals surface area (Å²) in [6.45, 7) is 1.97. The van der Waals surface area contributed by atoms with Crippen molar-refractivity contribution in [3.63, 3.8) is 0 Å². The maximum atomic E-state index is 13.0. The quantitative estimate of drug-likeness (QED) is 0.849. The van der Waals surface area contributed by atoms with Crippen molar-refractivity contribution in [2.75, 3.05) is 0 Å². The molecule has 0 N–H and O–H groups in total. The fourth-order valence-electron chi connectivity index (χ4n) is 1.77. The average Bonchev–Trinajstić information content (AvgIpc) is 2.54. The summed E-state index contributed by atoms with van der Waals surface area (Å²) in [7, 11) is 1.97. The Bertz CT molecular complexity index is 534. The van der Waals surface area contributed by atoms with Crippen LogP contribution in [0, 0.1) is 12.7 Å². The monoisotopic (exact) mass is 296 g/mol. The molecular formula is C13H14BrFN2. The second-order valence-electron chi connectivity index (χ2n) is 4.09. The normalized spacial score (nSPS) is 10.8. The highest BCUT2D eigenvalue weighted by atomic mass is 79.9. The zero-order chi connectivity index (χ0) is 12.4. The first-order valence-electron chi connectivity index (χ1n) is 5.50. The number of imidazole rings is 1. The van der Waals surface area contributed by atoms with E-state index in [4.69, 9.17) is 0 Å². The SMILES string of the molecule is Cc1nc(CCc2cccc(F)c2)c(Br)n1C. The van der Waals surface area contributed by atoms with Gasteiger partial charge in [0.2, 0.25) is 0 Å². The summed E-state index contributed by atoms with van der Waals surface area (Å²) < 4.78 is 16.0. The molecule has 1 aromatic carbocycles. The highest BCUT2D eigenvalue weighted by molar-refractivity contribution is 9.10. The first-order chi connectivity index (χ1) is 8.08. The summed E-state index contributed by atoms with van der Waals surface area (Å²) in [5, 5.41) is 0. The Labute approximate surface area is 109 Å². The second kappa shape index (κ2) is 5.00. The molecule has 0 fully saturated rings. The third-order valence-corrected chi connectivity index (χ3v) is 3.84. The molecule has 0 aliphatic heterocycles. The van der Waals surface area contributed by atoms with Gasteiger partial charge in [-0.15, -0.1) is 0 Å². The van der Waals surface area contributed by atoms with E-state index in [0.717, 1.165) is 34.5 Å². The predicted octanol–water partition coefficient (Wildman–Crippen LogP) is 3.42. The van der Waals surface area contributed by atoms with Crippen molar-refractivity contribution in [3.8, 4) is 0 Å². The van der Waals surface area contributed by atoms with Crippen LogP contribution in [0.25, 0.3) is 0 Å². The lowest BCUT2D eigenvalue weighted by atomic mass is 10.1. The lowest BCUT2D eigenvalue weighted by molar-refractivity contribution is 0.625. The summed E-state index contributed by atoms with van der Waals surface area (Å²) in [5.41, 5.74) is 2.02. The number of hydrogen-bond donors (Lipinski definition) is 0. The van der Waals surface area contributed by atoms with Crippen LogP contribution in [0.2, 0.25) is 0 Å². The largest absolute Gasteiger partial charge is 0.326 e. The predicted molar refractivity (Wildman–Crippen MR) is 69.5 cm³/mol. The van der Waals surface area contributed by atoms with Gasteiger partial charge >= 0.3 is 0 Å². The molecule has 2 aromatic rings. The zero-order valence-electron chi connectivity index (χ0n) is 9.87. The molecule has 1 aromatic heterocycles. The lowest BCUT2D eigenvalue weighted by Gasteiger charge is -2.00. The molecule has 0 saturated carbocycles. The molecule has 90 valence electrons. The van der Waals surface area contributed by atoms with E-state index >= 15 is 0 Å². The van der Waals surface area contributed by atoms with Gasteiger partial charge in [-0.25, -0.2) is 9.37 Å². The molecule has 0 unspecified atom stereocenters. The Morgan fingerprint density at radius 2 is 2.12 bits per heavy atom. The van der Waals surface area contributed by atoms with Crippen LogP contribution >= 0.6 is 15.9 Å². The Hall–Kier alpha value is -1.16. The molecule has 4 heteroatoms. The van der Waals surface area contributed by atoms with E-state index in [1.165, 1.54) is 6.07 Å². The van der Waals surface area contributed by atoms with Crippen molar-refractivity contribution in [1.82, 2.24) is 9.55 Å². The maximum Gasteiger partial charge on any atom is 0.123 e. The van der Waals surface area contributed by atoms with Gasteiger partial charge in [0.15, 0.2) is 0 Å². The fraction of sp³-hybridized carbons (Fsp3) is 0.308. The number of halogens is 2. The van der Waals surface area contributed by atoms with Crippen LogP contribution in [0.3, 0.4) is 0 Å². The molecule has 2 rings (SSSR count). The van der Waals surface area contributed by atoms with E-state index in [-0.39, 0.29) is 5.82 Å². The minimum absolute atomic E-state index is 0.182. The van der Waals surface area contributed by atoms with Gasteiger partial charge in [-0.3, -0.25) is 0 Å². The molecule has 0 aliphatic rings. The Kier molecular flexibility index (Phi) is 3.62. The number of benzene rings is 1. The topological polar surface area (TPSA) is 17.8 Å². The molecular weight excluding hydrogens is 283 g/mol. The number of aromatic nitrogens is 2. The van der Waals surface area contributed by atoms with Gasteiger partial charge in [0.25, 0.3) is 0 Å². The Balaban J connectivity index is 2.10. The van der Waals surface area contributed by atoms with Crippen LogP contribution in [0.4, 0.5) is 4.39 Å². The van der Waals surface area contributed by atoms with E-state index in [9.17, 15) is 4.39 Å². The van der Waals surface area contributed by atoms with Crippen LogP contribution in [0.5, 0.6) is 0 Å². The molecule has 0 bridgehead atoms. The number of nitrogens with zero attached hydrogens (tertiary/aromatic N) is 2. The Morgan fingerprint density at radius 1 is 1.35 bits per heavy atom. The van der Waals surface area contributed by atoms with Gasteiger partial charge in [-0.1, -0.05) is 12.1 Å². The van der Waals surface area contributed by atoms with Crippen molar-refractivity contribution in [2.24, 2.45) is 7.05 Å². The van der Waals surface area contributed by atoms with Gasteiger partial charge in [0.05, 0.1) is 5.69 Å². The first-order valence-corrected chi connectivity index (χ1v) is 6.29. The van der Waals surface area contributed by atoms with Gasteiger partial charge in [0.1, 0.15) is 16.2 Å². The van der Waals surface area contributed by atoms with Crippen LogP contribution in [-0.2, 0) is 19.9 Å². The third kappa shape index (κ3) is 2.75. The van der Waals surface area contributed by atoms with Crippen LogP contribution < -0.4 is 0 Å². The minimum atomic E-state index is -0.182. The number of rotatable bonds is 3. The summed E-state index contributed by atoms with van der Waals surface area (Å²) >= 11 is 3.52. The van der Waals surface area contributed by atoms with E-state index in [2.05, 4.69) is 20.9 Å². The van der Waals surface area contributed by atoms with E-state index in [0.29, 0.717) is 0 Å². The molecule has 0 amide bonds. The molecule has 0 atom stereocenters. The Morgan fingerprint density at radius 3 is 2.71 bits per heavy atom. The van der Waals surface area contributed by atoms with Crippen LogP contribution in [-0.4, -0.2) is 9.55 Å². The highest BCUT2D eigenvalue weighted by Crippen LogP contribution is 2.19. The van der Waals surface area contributed by atoms with Crippen molar-refractivity contribution in [1.29, 1.82) is 0 Å². The lowest BCUT2D eigenvalue weighted by Crippen LogP contribution is -1.94. The third-order valence-electron chi connectivity index (χ3n) is 2.85. The summed E-state index contributed by atoms with van der Waals surface area (Å²) in [4.78, 5) is 4.47. The fourth-order valence-corrected chi connectivity index (χ4v) is 2.31. The second-order valence-corrected chi connectivity index (χ2v) is 4.84. The van der Waals surface area contributed by atoms with E-state index in [1.807, 2.05) is 24.6 Å². The molecule has 0 radical (unpaired) electrons. The van der Waals surface area contributed by atoms with Gasteiger partial charge in [-0.2, -0.15) is 0 Å². The van der Waals surface area contributed by atoms with Crippen molar-refractivity contribution in [3.05, 3.63) is 51.8 Å². The first kappa shape index (κ1) is 12.3. The van der Waals surface area contributed by atoms with E-state index in [1.54, 1.807) is 12.1 Å². The molecule has 0 aliphatic carbocycles. The van der Waals surface area contributed by atoms with E-state index < -0.39 is 0 Å². The maximum absolute atomic E-state index is 13.0.